The molecule has 5 heteroatoms. The van der Waals surface area contributed by atoms with Gasteiger partial charge in [0.15, 0.2) is 0 Å². The number of aliphatic hydroxyl groups is 2. The second-order valence-electron chi connectivity index (χ2n) is 2.70. The Morgan fingerprint density at radius 2 is 2.08 bits per heavy atom. The molecule has 76 valence electrons. The lowest BCUT2D eigenvalue weighted by Gasteiger charge is -2.16. The number of hydrogen-bond donors (Lipinski definition) is 4. The summed E-state index contributed by atoms with van der Waals surface area (Å²) >= 11 is 0. The van der Waals surface area contributed by atoms with Crippen LogP contribution in [0.5, 0.6) is 0 Å². The Balaban J connectivity index is 3.89. The van der Waals surface area contributed by atoms with Crippen LogP contribution < -0.4 is 11.1 Å². The van der Waals surface area contributed by atoms with E-state index < -0.39 is 18.0 Å². The summed E-state index contributed by atoms with van der Waals surface area (Å²) in [6.07, 6.45) is 1.91. The van der Waals surface area contributed by atoms with E-state index in [-0.39, 0.29) is 13.2 Å². The number of nitrogens with one attached hydrogen (secondary N) is 1. The monoisotopic (exact) mass is 188 g/mol. The molecule has 0 aromatic heterocycles. The van der Waals surface area contributed by atoms with Gasteiger partial charge in [-0.05, 0) is 6.42 Å². The summed E-state index contributed by atoms with van der Waals surface area (Å²) in [6, 6.07) is -1.30. The van der Waals surface area contributed by atoms with Crippen LogP contribution in [0, 0.1) is 0 Å². The van der Waals surface area contributed by atoms with Gasteiger partial charge in [0.05, 0.1) is 25.3 Å². The van der Waals surface area contributed by atoms with E-state index >= 15 is 0 Å². The van der Waals surface area contributed by atoms with Crippen molar-refractivity contribution in [2.45, 2.75) is 18.5 Å². The van der Waals surface area contributed by atoms with E-state index in [1.807, 2.05) is 0 Å². The molecule has 0 aliphatic carbocycles. The highest BCUT2D eigenvalue weighted by Crippen LogP contribution is 1.90. The standard InChI is InChI=1S/C8H16N2O3/c1-2-3-7(9)8(13)10-6(4-11)5-12/h2,6-7,11-12H,1,3-5,9H2,(H,10,13). The quantitative estimate of drug-likeness (QED) is 0.376. The van der Waals surface area contributed by atoms with Crippen LogP contribution in [0.2, 0.25) is 0 Å². The van der Waals surface area contributed by atoms with Crippen LogP contribution in [-0.2, 0) is 4.79 Å². The maximum Gasteiger partial charge on any atom is 0.237 e. The molecule has 0 saturated heterocycles. The van der Waals surface area contributed by atoms with Crippen molar-refractivity contribution in [1.82, 2.24) is 5.32 Å². The van der Waals surface area contributed by atoms with E-state index in [9.17, 15) is 4.79 Å². The highest BCUT2D eigenvalue weighted by molar-refractivity contribution is 5.81. The van der Waals surface area contributed by atoms with Gasteiger partial charge in [0.2, 0.25) is 5.91 Å². The van der Waals surface area contributed by atoms with Gasteiger partial charge < -0.3 is 21.3 Å². The molecule has 0 spiro atoms. The average Bonchev–Trinajstić information content (AvgIpc) is 2.14. The van der Waals surface area contributed by atoms with Gasteiger partial charge in [-0.2, -0.15) is 0 Å². The second kappa shape index (κ2) is 6.59. The molecule has 0 aromatic rings. The van der Waals surface area contributed by atoms with Crippen LogP contribution in [-0.4, -0.2) is 41.4 Å². The van der Waals surface area contributed by atoms with Crippen LogP contribution in [0.25, 0.3) is 0 Å². The SMILES string of the molecule is C=CCC(N)C(=O)NC(CO)CO. The van der Waals surface area contributed by atoms with Crippen molar-refractivity contribution >= 4 is 5.91 Å². The number of rotatable bonds is 6. The summed E-state index contributed by atoms with van der Waals surface area (Å²) in [7, 11) is 0. The van der Waals surface area contributed by atoms with Crippen molar-refractivity contribution in [3.63, 3.8) is 0 Å². The zero-order chi connectivity index (χ0) is 10.3. The summed E-state index contributed by atoms with van der Waals surface area (Å²) < 4.78 is 0. The molecular weight excluding hydrogens is 172 g/mol. The molecule has 0 rings (SSSR count). The number of aliphatic hydroxyl groups excluding tert-OH is 2. The van der Waals surface area contributed by atoms with E-state index in [4.69, 9.17) is 15.9 Å². The molecule has 1 unspecified atom stereocenters. The molecule has 1 atom stereocenters. The molecule has 0 aliphatic rings. The topological polar surface area (TPSA) is 95.6 Å². The van der Waals surface area contributed by atoms with Crippen LogP contribution in [0.15, 0.2) is 12.7 Å². The van der Waals surface area contributed by atoms with Gasteiger partial charge in [-0.15, -0.1) is 6.58 Å². The van der Waals surface area contributed by atoms with Crippen molar-refractivity contribution in [2.75, 3.05) is 13.2 Å². The minimum Gasteiger partial charge on any atom is -0.394 e. The lowest BCUT2D eigenvalue weighted by atomic mass is 10.2. The van der Waals surface area contributed by atoms with Crippen molar-refractivity contribution in [3.05, 3.63) is 12.7 Å². The van der Waals surface area contributed by atoms with E-state index in [2.05, 4.69) is 11.9 Å². The van der Waals surface area contributed by atoms with E-state index in [1.54, 1.807) is 0 Å². The minimum absolute atomic E-state index is 0.303. The van der Waals surface area contributed by atoms with Crippen molar-refractivity contribution in [2.24, 2.45) is 5.73 Å². The Kier molecular flexibility index (Phi) is 6.13. The first-order chi connectivity index (χ1) is 6.15. The zero-order valence-electron chi connectivity index (χ0n) is 7.44. The molecule has 0 aliphatic heterocycles. The average molecular weight is 188 g/mol. The van der Waals surface area contributed by atoms with Gasteiger partial charge >= 0.3 is 0 Å². The largest absolute Gasteiger partial charge is 0.394 e. The predicted octanol–water partition coefficient (Wildman–Crippen LogP) is -1.64. The Morgan fingerprint density at radius 1 is 1.54 bits per heavy atom. The summed E-state index contributed by atoms with van der Waals surface area (Å²) in [6.45, 7) is 2.84. The third-order valence-electron chi connectivity index (χ3n) is 1.54. The Labute approximate surface area is 77.2 Å². The number of hydrogen-bond acceptors (Lipinski definition) is 4. The highest BCUT2D eigenvalue weighted by atomic mass is 16.3. The fourth-order valence-corrected chi connectivity index (χ4v) is 0.744. The molecule has 0 radical (unpaired) electrons. The van der Waals surface area contributed by atoms with Gasteiger partial charge in [-0.1, -0.05) is 6.08 Å². The Morgan fingerprint density at radius 3 is 2.46 bits per heavy atom. The molecular formula is C8H16N2O3. The van der Waals surface area contributed by atoms with Gasteiger partial charge in [-0.3, -0.25) is 4.79 Å². The van der Waals surface area contributed by atoms with Crippen LogP contribution in [0.1, 0.15) is 6.42 Å². The number of nitrogens with two attached hydrogens (primary N) is 1. The van der Waals surface area contributed by atoms with E-state index in [0.29, 0.717) is 6.42 Å². The van der Waals surface area contributed by atoms with Crippen molar-refractivity contribution in [1.29, 1.82) is 0 Å². The third kappa shape index (κ3) is 4.62. The summed E-state index contributed by atoms with van der Waals surface area (Å²) in [4.78, 5) is 11.2. The summed E-state index contributed by atoms with van der Waals surface area (Å²) in [5.41, 5.74) is 5.44. The number of amides is 1. The number of carbonyl (C=O) groups is 1. The summed E-state index contributed by atoms with van der Waals surface area (Å²) in [5.74, 6) is -0.395. The van der Waals surface area contributed by atoms with Crippen LogP contribution >= 0.6 is 0 Å². The van der Waals surface area contributed by atoms with Crippen molar-refractivity contribution < 1.29 is 15.0 Å². The molecule has 13 heavy (non-hydrogen) atoms. The first-order valence-corrected chi connectivity index (χ1v) is 4.04. The first-order valence-electron chi connectivity index (χ1n) is 4.04. The molecule has 0 bridgehead atoms. The highest BCUT2D eigenvalue weighted by Gasteiger charge is 2.15. The zero-order valence-corrected chi connectivity index (χ0v) is 7.44. The van der Waals surface area contributed by atoms with E-state index in [1.165, 1.54) is 6.08 Å². The lowest BCUT2D eigenvalue weighted by molar-refractivity contribution is -0.123. The van der Waals surface area contributed by atoms with Crippen LogP contribution in [0.4, 0.5) is 0 Å². The van der Waals surface area contributed by atoms with Gasteiger partial charge in [-0.25, -0.2) is 0 Å². The lowest BCUT2D eigenvalue weighted by Crippen LogP contribution is -2.47. The first kappa shape index (κ1) is 12.1. The summed E-state index contributed by atoms with van der Waals surface area (Å²) in [5, 5.41) is 19.7. The normalized spacial score (nSPS) is 12.6. The molecule has 0 saturated carbocycles. The predicted molar refractivity (Wildman–Crippen MR) is 48.9 cm³/mol. The van der Waals surface area contributed by atoms with Gasteiger partial charge in [0.25, 0.3) is 0 Å². The second-order valence-corrected chi connectivity index (χ2v) is 2.70. The molecule has 5 N–H and O–H groups in total. The maximum absolute atomic E-state index is 11.2. The molecule has 0 heterocycles. The minimum atomic E-state index is -0.668. The van der Waals surface area contributed by atoms with Crippen molar-refractivity contribution in [3.8, 4) is 0 Å². The molecule has 0 fully saturated rings. The third-order valence-corrected chi connectivity index (χ3v) is 1.54. The Bertz CT molecular complexity index is 169. The maximum atomic E-state index is 11.2. The van der Waals surface area contributed by atoms with Gasteiger partial charge in [0, 0.05) is 0 Å². The Hall–Kier alpha value is -0.910. The smallest absolute Gasteiger partial charge is 0.237 e. The molecule has 1 amide bonds. The number of carbonyl (C=O) groups excluding carboxylic acids is 1. The fourth-order valence-electron chi connectivity index (χ4n) is 0.744. The van der Waals surface area contributed by atoms with Gasteiger partial charge in [0.1, 0.15) is 0 Å². The fraction of sp³-hybridized carbons (Fsp3) is 0.625. The van der Waals surface area contributed by atoms with E-state index in [0.717, 1.165) is 0 Å². The van der Waals surface area contributed by atoms with Crippen LogP contribution in [0.3, 0.4) is 0 Å². The molecule has 0 aromatic carbocycles. The molecule has 5 nitrogen and oxygen atoms in total.